The van der Waals surface area contributed by atoms with Crippen LogP contribution in [0.4, 0.5) is 13.2 Å². The molecule has 0 aromatic heterocycles. The van der Waals surface area contributed by atoms with E-state index in [1.807, 2.05) is 0 Å². The van der Waals surface area contributed by atoms with Gasteiger partial charge in [0.2, 0.25) is 0 Å². The SMILES string of the molecule is NCc1ccc(F)c(COc2ccc(F)cc2F)c1. The van der Waals surface area contributed by atoms with Gasteiger partial charge in [-0.3, -0.25) is 0 Å². The van der Waals surface area contributed by atoms with Crippen molar-refractivity contribution in [3.05, 3.63) is 65.0 Å². The molecule has 0 saturated carbocycles. The predicted molar refractivity (Wildman–Crippen MR) is 65.0 cm³/mol. The summed E-state index contributed by atoms with van der Waals surface area (Å²) >= 11 is 0. The molecule has 0 aliphatic heterocycles. The van der Waals surface area contributed by atoms with Crippen LogP contribution >= 0.6 is 0 Å². The van der Waals surface area contributed by atoms with E-state index in [1.54, 1.807) is 12.1 Å². The molecule has 2 nitrogen and oxygen atoms in total. The summed E-state index contributed by atoms with van der Waals surface area (Å²) in [7, 11) is 0. The lowest BCUT2D eigenvalue weighted by Gasteiger charge is -2.09. The van der Waals surface area contributed by atoms with Gasteiger partial charge in [-0.25, -0.2) is 13.2 Å². The van der Waals surface area contributed by atoms with Crippen LogP contribution < -0.4 is 10.5 Å². The van der Waals surface area contributed by atoms with Gasteiger partial charge < -0.3 is 10.5 Å². The maximum Gasteiger partial charge on any atom is 0.167 e. The van der Waals surface area contributed by atoms with Crippen LogP contribution in [0.25, 0.3) is 0 Å². The molecule has 0 fully saturated rings. The maximum atomic E-state index is 13.5. The molecular formula is C14H12F3NO. The van der Waals surface area contributed by atoms with E-state index in [4.69, 9.17) is 10.5 Å². The summed E-state index contributed by atoms with van der Waals surface area (Å²) < 4.78 is 44.7. The number of ether oxygens (including phenoxy) is 1. The third-order valence-corrected chi connectivity index (χ3v) is 2.62. The lowest BCUT2D eigenvalue weighted by molar-refractivity contribution is 0.283. The topological polar surface area (TPSA) is 35.2 Å². The van der Waals surface area contributed by atoms with Crippen molar-refractivity contribution in [2.75, 3.05) is 0 Å². The van der Waals surface area contributed by atoms with Crippen LogP contribution in [-0.4, -0.2) is 0 Å². The molecule has 5 heteroatoms. The van der Waals surface area contributed by atoms with Gasteiger partial charge in [-0.1, -0.05) is 6.07 Å². The number of halogens is 3. The van der Waals surface area contributed by atoms with Crippen molar-refractivity contribution in [1.82, 2.24) is 0 Å². The van der Waals surface area contributed by atoms with Gasteiger partial charge in [0.05, 0.1) is 0 Å². The first-order valence-corrected chi connectivity index (χ1v) is 5.65. The smallest absolute Gasteiger partial charge is 0.167 e. The Hall–Kier alpha value is -2.01. The fourth-order valence-electron chi connectivity index (χ4n) is 1.61. The first kappa shape index (κ1) is 13.4. The maximum absolute atomic E-state index is 13.5. The van der Waals surface area contributed by atoms with Crippen molar-refractivity contribution in [3.8, 4) is 5.75 Å². The Labute approximate surface area is 108 Å². The number of benzene rings is 2. The molecule has 2 N–H and O–H groups in total. The first-order chi connectivity index (χ1) is 9.10. The molecule has 100 valence electrons. The number of nitrogens with two attached hydrogens (primary N) is 1. The Balaban J connectivity index is 2.14. The van der Waals surface area contributed by atoms with Crippen LogP contribution in [0, 0.1) is 17.5 Å². The zero-order valence-corrected chi connectivity index (χ0v) is 10.00. The van der Waals surface area contributed by atoms with Crippen LogP contribution in [0.15, 0.2) is 36.4 Å². The highest BCUT2D eigenvalue weighted by Gasteiger charge is 2.08. The van der Waals surface area contributed by atoms with Crippen LogP contribution in [0.1, 0.15) is 11.1 Å². The van der Waals surface area contributed by atoms with Crippen LogP contribution in [-0.2, 0) is 13.2 Å². The quantitative estimate of drug-likeness (QED) is 0.923. The van der Waals surface area contributed by atoms with E-state index in [0.717, 1.165) is 17.7 Å². The van der Waals surface area contributed by atoms with Crippen molar-refractivity contribution < 1.29 is 17.9 Å². The molecular weight excluding hydrogens is 255 g/mol. The Morgan fingerprint density at radius 2 is 1.74 bits per heavy atom. The first-order valence-electron chi connectivity index (χ1n) is 5.65. The Morgan fingerprint density at radius 3 is 2.42 bits per heavy atom. The second kappa shape index (κ2) is 5.75. The van der Waals surface area contributed by atoms with Gasteiger partial charge in [-0.15, -0.1) is 0 Å². The molecule has 0 heterocycles. The lowest BCUT2D eigenvalue weighted by atomic mass is 10.1. The average molecular weight is 267 g/mol. The van der Waals surface area contributed by atoms with Gasteiger partial charge in [-0.05, 0) is 29.8 Å². The summed E-state index contributed by atoms with van der Waals surface area (Å²) in [5.74, 6) is -2.10. The van der Waals surface area contributed by atoms with Crippen molar-refractivity contribution in [1.29, 1.82) is 0 Å². The zero-order chi connectivity index (χ0) is 13.8. The molecule has 0 amide bonds. The highest BCUT2D eigenvalue weighted by atomic mass is 19.1. The third kappa shape index (κ3) is 3.26. The molecule has 0 atom stereocenters. The number of rotatable bonds is 4. The summed E-state index contributed by atoms with van der Waals surface area (Å²) in [5, 5.41) is 0. The van der Waals surface area contributed by atoms with Gasteiger partial charge in [0.1, 0.15) is 18.2 Å². The van der Waals surface area contributed by atoms with Gasteiger partial charge in [-0.2, -0.15) is 0 Å². The molecule has 19 heavy (non-hydrogen) atoms. The molecule has 2 aromatic carbocycles. The molecule has 0 spiro atoms. The largest absolute Gasteiger partial charge is 0.486 e. The second-order valence-corrected chi connectivity index (χ2v) is 3.99. The zero-order valence-electron chi connectivity index (χ0n) is 10.00. The van der Waals surface area contributed by atoms with Crippen LogP contribution in [0.2, 0.25) is 0 Å². The van der Waals surface area contributed by atoms with Gasteiger partial charge >= 0.3 is 0 Å². The van der Waals surface area contributed by atoms with E-state index in [2.05, 4.69) is 0 Å². The molecule has 0 aliphatic rings. The predicted octanol–water partition coefficient (Wildman–Crippen LogP) is 3.14. The highest BCUT2D eigenvalue weighted by molar-refractivity contribution is 5.27. The summed E-state index contributed by atoms with van der Waals surface area (Å²) in [4.78, 5) is 0. The molecule has 0 saturated heterocycles. The Kier molecular flexibility index (Phi) is 4.06. The van der Waals surface area contributed by atoms with Crippen LogP contribution in [0.3, 0.4) is 0 Å². The number of hydrogen-bond donors (Lipinski definition) is 1. The van der Waals surface area contributed by atoms with E-state index in [-0.39, 0.29) is 24.5 Å². The number of hydrogen-bond acceptors (Lipinski definition) is 2. The summed E-state index contributed by atoms with van der Waals surface area (Å²) in [5.41, 5.74) is 6.47. The summed E-state index contributed by atoms with van der Waals surface area (Å²) in [6.45, 7) is 0.125. The van der Waals surface area contributed by atoms with E-state index >= 15 is 0 Å². The van der Waals surface area contributed by atoms with Gasteiger partial charge in [0, 0.05) is 18.2 Å². The molecule has 2 rings (SSSR count). The third-order valence-electron chi connectivity index (χ3n) is 2.62. The normalized spacial score (nSPS) is 10.5. The summed E-state index contributed by atoms with van der Waals surface area (Å²) in [6, 6.07) is 7.35. The average Bonchev–Trinajstić information content (AvgIpc) is 2.39. The summed E-state index contributed by atoms with van der Waals surface area (Å²) in [6.07, 6.45) is 0. The van der Waals surface area contributed by atoms with Crippen molar-refractivity contribution in [2.45, 2.75) is 13.2 Å². The Morgan fingerprint density at radius 1 is 0.947 bits per heavy atom. The fraction of sp³-hybridized carbons (Fsp3) is 0.143. The van der Waals surface area contributed by atoms with E-state index in [1.165, 1.54) is 6.07 Å². The standard InChI is InChI=1S/C14H12F3NO/c15-11-2-4-14(13(17)6-11)19-8-10-5-9(7-18)1-3-12(10)16/h1-6H,7-8,18H2. The minimum Gasteiger partial charge on any atom is -0.486 e. The van der Waals surface area contributed by atoms with E-state index in [0.29, 0.717) is 6.07 Å². The van der Waals surface area contributed by atoms with Crippen molar-refractivity contribution in [3.63, 3.8) is 0 Å². The molecule has 2 aromatic rings. The monoisotopic (exact) mass is 267 g/mol. The van der Waals surface area contributed by atoms with Crippen molar-refractivity contribution >= 4 is 0 Å². The second-order valence-electron chi connectivity index (χ2n) is 3.99. The van der Waals surface area contributed by atoms with Crippen molar-refractivity contribution in [2.24, 2.45) is 5.73 Å². The molecule has 0 aliphatic carbocycles. The van der Waals surface area contributed by atoms with Gasteiger partial charge in [0.25, 0.3) is 0 Å². The molecule has 0 radical (unpaired) electrons. The van der Waals surface area contributed by atoms with Gasteiger partial charge in [0.15, 0.2) is 11.6 Å². The van der Waals surface area contributed by atoms with E-state index < -0.39 is 17.5 Å². The Bertz CT molecular complexity index is 587. The molecule has 0 unspecified atom stereocenters. The van der Waals surface area contributed by atoms with Crippen LogP contribution in [0.5, 0.6) is 5.75 Å². The lowest BCUT2D eigenvalue weighted by Crippen LogP contribution is -2.03. The fourth-order valence-corrected chi connectivity index (χ4v) is 1.61. The molecule has 0 bridgehead atoms. The van der Waals surface area contributed by atoms with E-state index in [9.17, 15) is 13.2 Å². The minimum atomic E-state index is -0.824. The highest BCUT2D eigenvalue weighted by Crippen LogP contribution is 2.20. The minimum absolute atomic E-state index is 0.126.